The Morgan fingerprint density at radius 2 is 2.05 bits per heavy atom. The lowest BCUT2D eigenvalue weighted by Gasteiger charge is -2.09. The lowest BCUT2D eigenvalue weighted by Crippen LogP contribution is -2.04. The van der Waals surface area contributed by atoms with E-state index in [1.54, 1.807) is 24.4 Å². The number of nitrogens with one attached hydrogen (secondary N) is 2. The predicted molar refractivity (Wildman–Crippen MR) is 80.6 cm³/mol. The van der Waals surface area contributed by atoms with Crippen LogP contribution in [0.1, 0.15) is 13.3 Å². The van der Waals surface area contributed by atoms with Crippen LogP contribution in [0.3, 0.4) is 0 Å². The number of hydrogen-bond donors (Lipinski definition) is 2. The Hall–Kier alpha value is -1.52. The van der Waals surface area contributed by atoms with Gasteiger partial charge in [-0.05, 0) is 30.7 Å². The summed E-state index contributed by atoms with van der Waals surface area (Å²) in [7, 11) is 0. The van der Waals surface area contributed by atoms with Crippen LogP contribution in [0, 0.1) is 0 Å². The zero-order chi connectivity index (χ0) is 13.7. The van der Waals surface area contributed by atoms with Gasteiger partial charge >= 0.3 is 0 Å². The molecular weight excluding hydrogens is 283 g/mol. The third-order valence-corrected chi connectivity index (χ3v) is 2.95. The number of benzene rings is 1. The van der Waals surface area contributed by atoms with E-state index in [9.17, 15) is 0 Å². The van der Waals surface area contributed by atoms with Crippen molar-refractivity contribution < 1.29 is 0 Å². The zero-order valence-corrected chi connectivity index (χ0v) is 12.0. The van der Waals surface area contributed by atoms with Crippen molar-refractivity contribution in [3.05, 3.63) is 40.5 Å². The maximum atomic E-state index is 6.08. The Labute approximate surface area is 122 Å². The second-order valence-electron chi connectivity index (χ2n) is 3.94. The largest absolute Gasteiger partial charge is 0.370 e. The van der Waals surface area contributed by atoms with Crippen molar-refractivity contribution in [1.29, 1.82) is 0 Å². The number of nitrogens with zero attached hydrogens (tertiary/aromatic N) is 2. The Kier molecular flexibility index (Phi) is 4.82. The van der Waals surface area contributed by atoms with Crippen LogP contribution >= 0.6 is 23.2 Å². The molecule has 2 rings (SSSR count). The maximum absolute atomic E-state index is 6.08. The van der Waals surface area contributed by atoms with Gasteiger partial charge in [0.25, 0.3) is 0 Å². The number of rotatable bonds is 5. The standard InChI is InChI=1S/C13H14Cl2N4/c1-2-6-16-12-5-7-17-13(19-12)18-11-8-9(14)3-4-10(11)15/h3-5,7-8H,2,6H2,1H3,(H2,16,17,18,19). The molecule has 0 aliphatic rings. The fourth-order valence-electron chi connectivity index (χ4n) is 1.48. The molecule has 0 radical (unpaired) electrons. The van der Waals surface area contributed by atoms with Crippen molar-refractivity contribution in [2.24, 2.45) is 0 Å². The summed E-state index contributed by atoms with van der Waals surface area (Å²) < 4.78 is 0. The third kappa shape index (κ3) is 3.98. The van der Waals surface area contributed by atoms with Gasteiger partial charge in [-0.2, -0.15) is 4.98 Å². The van der Waals surface area contributed by atoms with Gasteiger partial charge in [0.2, 0.25) is 5.95 Å². The van der Waals surface area contributed by atoms with Crippen LogP contribution in [0.25, 0.3) is 0 Å². The molecule has 0 aliphatic heterocycles. The van der Waals surface area contributed by atoms with Crippen molar-refractivity contribution in [1.82, 2.24) is 9.97 Å². The summed E-state index contributed by atoms with van der Waals surface area (Å²) in [5, 5.41) is 7.42. The Morgan fingerprint density at radius 3 is 2.84 bits per heavy atom. The molecule has 0 fully saturated rings. The molecule has 0 aliphatic carbocycles. The Morgan fingerprint density at radius 1 is 1.21 bits per heavy atom. The minimum atomic E-state index is 0.477. The van der Waals surface area contributed by atoms with E-state index in [1.165, 1.54) is 0 Å². The molecular formula is C13H14Cl2N4. The predicted octanol–water partition coefficient (Wildman–Crippen LogP) is 4.35. The fourth-order valence-corrected chi connectivity index (χ4v) is 1.82. The highest BCUT2D eigenvalue weighted by Gasteiger charge is 2.04. The van der Waals surface area contributed by atoms with Crippen molar-refractivity contribution in [3.8, 4) is 0 Å². The van der Waals surface area contributed by atoms with Gasteiger partial charge in [0.1, 0.15) is 5.82 Å². The molecule has 0 spiro atoms. The normalized spacial score (nSPS) is 10.3. The summed E-state index contributed by atoms with van der Waals surface area (Å²) in [5.74, 6) is 1.25. The highest BCUT2D eigenvalue weighted by atomic mass is 35.5. The molecule has 0 unspecified atom stereocenters. The number of halogens is 2. The van der Waals surface area contributed by atoms with Crippen molar-refractivity contribution in [2.45, 2.75) is 13.3 Å². The summed E-state index contributed by atoms with van der Waals surface area (Å²) >= 11 is 12.0. The average Bonchev–Trinajstić information content (AvgIpc) is 2.41. The minimum absolute atomic E-state index is 0.477. The third-order valence-electron chi connectivity index (χ3n) is 2.39. The van der Waals surface area contributed by atoms with Crippen molar-refractivity contribution in [3.63, 3.8) is 0 Å². The fraction of sp³-hybridized carbons (Fsp3) is 0.231. The lowest BCUT2D eigenvalue weighted by molar-refractivity contribution is 0.966. The molecule has 1 aromatic heterocycles. The molecule has 19 heavy (non-hydrogen) atoms. The van der Waals surface area contributed by atoms with Crippen LogP contribution in [-0.4, -0.2) is 16.5 Å². The second kappa shape index (κ2) is 6.59. The molecule has 0 bridgehead atoms. The Balaban J connectivity index is 2.16. The molecule has 100 valence electrons. The molecule has 2 N–H and O–H groups in total. The molecule has 0 saturated heterocycles. The smallest absolute Gasteiger partial charge is 0.229 e. The SMILES string of the molecule is CCCNc1ccnc(Nc2cc(Cl)ccc2Cl)n1. The average molecular weight is 297 g/mol. The maximum Gasteiger partial charge on any atom is 0.229 e. The molecule has 0 atom stereocenters. The van der Waals surface area contributed by atoms with E-state index in [-0.39, 0.29) is 0 Å². The van der Waals surface area contributed by atoms with Crippen LogP contribution in [0.15, 0.2) is 30.5 Å². The van der Waals surface area contributed by atoms with E-state index in [1.807, 2.05) is 6.07 Å². The zero-order valence-electron chi connectivity index (χ0n) is 10.5. The summed E-state index contributed by atoms with van der Waals surface area (Å²) in [6, 6.07) is 7.01. The number of aromatic nitrogens is 2. The highest BCUT2D eigenvalue weighted by Crippen LogP contribution is 2.27. The van der Waals surface area contributed by atoms with E-state index < -0.39 is 0 Å². The molecule has 0 saturated carbocycles. The van der Waals surface area contributed by atoms with E-state index >= 15 is 0 Å². The molecule has 0 amide bonds. The van der Waals surface area contributed by atoms with Crippen LogP contribution in [0.2, 0.25) is 10.0 Å². The topological polar surface area (TPSA) is 49.8 Å². The minimum Gasteiger partial charge on any atom is -0.370 e. The van der Waals surface area contributed by atoms with Crippen molar-refractivity contribution in [2.75, 3.05) is 17.2 Å². The molecule has 4 nitrogen and oxygen atoms in total. The van der Waals surface area contributed by atoms with Crippen LogP contribution < -0.4 is 10.6 Å². The van der Waals surface area contributed by atoms with Crippen LogP contribution in [0.4, 0.5) is 17.5 Å². The first-order valence-corrected chi connectivity index (χ1v) is 6.73. The lowest BCUT2D eigenvalue weighted by atomic mass is 10.3. The van der Waals surface area contributed by atoms with Gasteiger partial charge in [0.15, 0.2) is 0 Å². The summed E-state index contributed by atoms with van der Waals surface area (Å²) in [6.45, 7) is 2.97. The van der Waals surface area contributed by atoms with Crippen LogP contribution in [0.5, 0.6) is 0 Å². The van der Waals surface area contributed by atoms with Crippen molar-refractivity contribution >= 4 is 40.7 Å². The number of anilines is 3. The summed E-state index contributed by atoms with van der Waals surface area (Å²) in [5.41, 5.74) is 0.682. The monoisotopic (exact) mass is 296 g/mol. The van der Waals surface area contributed by atoms with Gasteiger partial charge in [-0.3, -0.25) is 0 Å². The van der Waals surface area contributed by atoms with E-state index in [0.717, 1.165) is 18.8 Å². The molecule has 2 aromatic rings. The van der Waals surface area contributed by atoms with Gasteiger partial charge in [0, 0.05) is 17.8 Å². The molecule has 1 heterocycles. The summed E-state index contributed by atoms with van der Waals surface area (Å²) in [4.78, 5) is 8.49. The Bertz CT molecular complexity index is 560. The first-order valence-electron chi connectivity index (χ1n) is 5.98. The van der Waals surface area contributed by atoms with Gasteiger partial charge in [-0.25, -0.2) is 4.98 Å². The summed E-state index contributed by atoms with van der Waals surface area (Å²) in [6.07, 6.45) is 2.72. The van der Waals surface area contributed by atoms with Gasteiger partial charge < -0.3 is 10.6 Å². The first-order chi connectivity index (χ1) is 9.19. The molecule has 6 heteroatoms. The first kappa shape index (κ1) is 13.9. The quantitative estimate of drug-likeness (QED) is 0.861. The van der Waals surface area contributed by atoms with E-state index in [0.29, 0.717) is 21.7 Å². The molecule has 1 aromatic carbocycles. The second-order valence-corrected chi connectivity index (χ2v) is 4.79. The highest BCUT2D eigenvalue weighted by molar-refractivity contribution is 6.35. The van der Waals surface area contributed by atoms with Gasteiger partial charge in [0.05, 0.1) is 10.7 Å². The van der Waals surface area contributed by atoms with E-state index in [2.05, 4.69) is 27.5 Å². The van der Waals surface area contributed by atoms with E-state index in [4.69, 9.17) is 23.2 Å². The van der Waals surface area contributed by atoms with Gasteiger partial charge in [-0.1, -0.05) is 30.1 Å². The number of hydrogen-bond acceptors (Lipinski definition) is 4. The van der Waals surface area contributed by atoms with Crippen LogP contribution in [-0.2, 0) is 0 Å². The van der Waals surface area contributed by atoms with Gasteiger partial charge in [-0.15, -0.1) is 0 Å².